The average molecular weight is 885 g/mol. The van der Waals surface area contributed by atoms with Gasteiger partial charge in [-0.15, -0.1) is 0 Å². The van der Waals surface area contributed by atoms with E-state index in [0.717, 1.165) is 34.1 Å². The van der Waals surface area contributed by atoms with Crippen LogP contribution in [0.4, 0.5) is 51.3 Å². The van der Waals surface area contributed by atoms with E-state index in [-0.39, 0.29) is 12.1 Å². The molecule has 69 heavy (non-hydrogen) atoms. The number of anilines is 9. The Morgan fingerprint density at radius 1 is 0.435 bits per heavy atom. The van der Waals surface area contributed by atoms with Crippen LogP contribution in [0.1, 0.15) is 26.3 Å². The average Bonchev–Trinajstić information content (AvgIpc) is 3.78. The van der Waals surface area contributed by atoms with Crippen molar-refractivity contribution in [2.45, 2.75) is 26.2 Å². The van der Waals surface area contributed by atoms with Gasteiger partial charge in [0.15, 0.2) is 0 Å². The Kier molecular flexibility index (Phi) is 9.48. The number of rotatable bonds is 7. The summed E-state index contributed by atoms with van der Waals surface area (Å²) in [7, 11) is 0. The topological polar surface area (TPSA) is 14.1 Å². The summed E-state index contributed by atoms with van der Waals surface area (Å²) in [6, 6.07) is 87.3. The van der Waals surface area contributed by atoms with Crippen molar-refractivity contribution in [1.29, 1.82) is 0 Å². The Morgan fingerprint density at radius 3 is 1.86 bits per heavy atom. The molecule has 11 aromatic rings. The van der Waals surface area contributed by atoms with E-state index < -0.39 is 0 Å². The molecule has 2 aliphatic rings. The van der Waals surface area contributed by atoms with Crippen molar-refractivity contribution in [2.24, 2.45) is 0 Å². The Hall–Kier alpha value is -8.54. The molecule has 0 spiro atoms. The number of aromatic nitrogens is 1. The maximum atomic E-state index is 2.50. The van der Waals surface area contributed by atoms with Crippen molar-refractivity contribution in [1.82, 2.24) is 4.40 Å². The summed E-state index contributed by atoms with van der Waals surface area (Å²) in [6.45, 7) is 6.88. The minimum atomic E-state index is -0.0474. The van der Waals surface area contributed by atoms with E-state index in [0.29, 0.717) is 0 Å². The Bertz CT molecular complexity index is 3740. The van der Waals surface area contributed by atoms with Crippen molar-refractivity contribution >= 4 is 90.7 Å². The van der Waals surface area contributed by atoms with Crippen LogP contribution in [0.3, 0.4) is 0 Å². The Morgan fingerprint density at radius 2 is 1.07 bits per heavy atom. The second-order valence-corrected chi connectivity index (χ2v) is 19.4. The summed E-state index contributed by atoms with van der Waals surface area (Å²) in [5, 5.41) is 2.47. The fourth-order valence-corrected chi connectivity index (χ4v) is 11.1. The van der Waals surface area contributed by atoms with Gasteiger partial charge in [0.05, 0.1) is 5.69 Å². The number of nitrogens with zero attached hydrogens (tertiary/aromatic N) is 4. The molecular weight excluding hydrogens is 836 g/mol. The lowest BCUT2D eigenvalue weighted by atomic mass is 9.34. The highest BCUT2D eigenvalue weighted by molar-refractivity contribution is 7.00. The number of hydrogen-bond acceptors (Lipinski definition) is 3. The first kappa shape index (κ1) is 40.7. The third kappa shape index (κ3) is 6.68. The highest BCUT2D eigenvalue weighted by atomic mass is 15.2. The minimum absolute atomic E-state index is 0.0239. The molecule has 0 aliphatic carbocycles. The van der Waals surface area contributed by atoms with Gasteiger partial charge in [-0.25, -0.2) is 0 Å². The molecule has 0 saturated carbocycles. The Labute approximate surface area is 404 Å². The summed E-state index contributed by atoms with van der Waals surface area (Å²) in [5.41, 5.74) is 20.1. The van der Waals surface area contributed by atoms with Gasteiger partial charge in [0.1, 0.15) is 5.82 Å². The van der Waals surface area contributed by atoms with E-state index >= 15 is 0 Å². The molecule has 328 valence electrons. The number of pyridine rings is 1. The van der Waals surface area contributed by atoms with Crippen molar-refractivity contribution in [2.75, 3.05) is 14.7 Å². The van der Waals surface area contributed by atoms with E-state index in [1.54, 1.807) is 0 Å². The quantitative estimate of drug-likeness (QED) is 0.148. The standard InChI is InChI=1S/C64H49BN4/c1-64(2,3)47-35-38-58(55(41-47)45-20-7-4-8-21-45)67(51-30-17-24-46(40-51)54-32-18-23-44-22-13-14-31-53(44)54)52-36-37-56-61(43-52)68(48-25-9-5-10-26-48)59-33-19-34-60-62(59)65(56)57-42-50-29-15-16-39-66(50)63(57)69(60)49-27-11-6-12-28-49/h4-43H,1-3H3. The monoisotopic (exact) mass is 884 g/mol. The van der Waals surface area contributed by atoms with Crippen molar-refractivity contribution < 1.29 is 0 Å². The van der Waals surface area contributed by atoms with E-state index in [9.17, 15) is 0 Å². The van der Waals surface area contributed by atoms with Gasteiger partial charge in [0.2, 0.25) is 0 Å². The molecule has 4 heterocycles. The van der Waals surface area contributed by atoms with Crippen molar-refractivity contribution in [3.63, 3.8) is 0 Å². The molecule has 0 N–H and O–H groups in total. The van der Waals surface area contributed by atoms with Gasteiger partial charge in [-0.3, -0.25) is 4.90 Å². The normalized spacial score (nSPS) is 12.8. The maximum Gasteiger partial charge on any atom is 0.254 e. The lowest BCUT2D eigenvalue weighted by Gasteiger charge is -2.43. The number of hydrogen-bond donors (Lipinski definition) is 0. The molecule has 0 unspecified atom stereocenters. The molecule has 2 aromatic heterocycles. The first-order chi connectivity index (χ1) is 33.9. The third-order valence-electron chi connectivity index (χ3n) is 14.3. The van der Waals surface area contributed by atoms with Crippen LogP contribution in [0, 0.1) is 0 Å². The van der Waals surface area contributed by atoms with Crippen molar-refractivity contribution in [3.05, 3.63) is 248 Å². The second-order valence-electron chi connectivity index (χ2n) is 19.4. The second kappa shape index (κ2) is 16.1. The zero-order chi connectivity index (χ0) is 46.2. The van der Waals surface area contributed by atoms with Gasteiger partial charge in [0, 0.05) is 57.1 Å². The smallest absolute Gasteiger partial charge is 0.254 e. The number of fused-ring (bicyclic) bond motifs is 7. The van der Waals surface area contributed by atoms with Gasteiger partial charge in [-0.2, -0.15) is 0 Å². The van der Waals surface area contributed by atoms with Crippen LogP contribution in [0.5, 0.6) is 0 Å². The van der Waals surface area contributed by atoms with Crippen LogP contribution in [0.15, 0.2) is 243 Å². The highest BCUT2D eigenvalue weighted by Crippen LogP contribution is 2.48. The third-order valence-corrected chi connectivity index (χ3v) is 14.3. The lowest BCUT2D eigenvalue weighted by molar-refractivity contribution is 0.590. The fourth-order valence-electron chi connectivity index (χ4n) is 11.1. The van der Waals surface area contributed by atoms with E-state index in [1.165, 1.54) is 77.7 Å². The van der Waals surface area contributed by atoms with Gasteiger partial charge in [-0.05, 0) is 146 Å². The van der Waals surface area contributed by atoms with Crippen LogP contribution in [0.2, 0.25) is 0 Å². The summed E-state index contributed by atoms with van der Waals surface area (Å²) in [4.78, 5) is 7.47. The minimum Gasteiger partial charge on any atom is -0.311 e. The predicted octanol–water partition coefficient (Wildman–Crippen LogP) is 15.3. The maximum absolute atomic E-state index is 2.50. The molecule has 0 bridgehead atoms. The SMILES string of the molecule is CC(C)(C)c1ccc(N(c2cccc(-c3cccc4ccccc34)c2)c2ccc3c(c2)N(c2ccccc2)c2cccc4c2B3c2cc3ccccn3c2N4c2ccccc2)c(-c2ccccc2)c1. The molecule has 0 fully saturated rings. The summed E-state index contributed by atoms with van der Waals surface area (Å²) < 4.78 is 2.37. The summed E-state index contributed by atoms with van der Waals surface area (Å²) >= 11 is 0. The molecule has 0 atom stereocenters. The molecule has 5 heteroatoms. The zero-order valence-corrected chi connectivity index (χ0v) is 39.0. The molecule has 13 rings (SSSR count). The zero-order valence-electron chi connectivity index (χ0n) is 39.0. The van der Waals surface area contributed by atoms with Crippen LogP contribution in [-0.4, -0.2) is 11.1 Å². The summed E-state index contributed by atoms with van der Waals surface area (Å²) in [5.74, 6) is 1.17. The summed E-state index contributed by atoms with van der Waals surface area (Å²) in [6.07, 6.45) is 2.21. The van der Waals surface area contributed by atoms with Crippen molar-refractivity contribution in [3.8, 4) is 22.3 Å². The Balaban J connectivity index is 1.08. The first-order valence-electron chi connectivity index (χ1n) is 24.0. The van der Waals surface area contributed by atoms with Crippen LogP contribution >= 0.6 is 0 Å². The van der Waals surface area contributed by atoms with Crippen LogP contribution in [-0.2, 0) is 5.41 Å². The van der Waals surface area contributed by atoms with E-state index in [4.69, 9.17) is 0 Å². The molecule has 2 aliphatic heterocycles. The molecule has 9 aromatic carbocycles. The fraction of sp³-hybridized carbons (Fsp3) is 0.0625. The largest absolute Gasteiger partial charge is 0.311 e. The number of benzene rings is 9. The van der Waals surface area contributed by atoms with E-state index in [1.807, 2.05) is 0 Å². The molecular formula is C64H49BN4. The van der Waals surface area contributed by atoms with Gasteiger partial charge >= 0.3 is 0 Å². The van der Waals surface area contributed by atoms with Crippen LogP contribution < -0.4 is 31.1 Å². The molecule has 4 nitrogen and oxygen atoms in total. The van der Waals surface area contributed by atoms with Gasteiger partial charge in [-0.1, -0.05) is 166 Å². The highest BCUT2D eigenvalue weighted by Gasteiger charge is 2.45. The van der Waals surface area contributed by atoms with Gasteiger partial charge < -0.3 is 14.2 Å². The molecule has 0 amide bonds. The molecule has 0 radical (unpaired) electrons. The van der Waals surface area contributed by atoms with E-state index in [2.05, 4.69) is 283 Å². The first-order valence-corrected chi connectivity index (χ1v) is 24.0. The lowest BCUT2D eigenvalue weighted by Crippen LogP contribution is -2.61. The molecule has 0 saturated heterocycles. The van der Waals surface area contributed by atoms with Gasteiger partial charge in [0.25, 0.3) is 6.71 Å². The van der Waals surface area contributed by atoms with Crippen LogP contribution in [0.25, 0.3) is 38.5 Å². The number of para-hydroxylation sites is 2. The predicted molar refractivity (Wildman–Crippen MR) is 293 cm³/mol.